The van der Waals surface area contributed by atoms with Crippen molar-refractivity contribution in [1.29, 1.82) is 0 Å². The lowest BCUT2D eigenvalue weighted by molar-refractivity contribution is -0.0259. The minimum absolute atomic E-state index is 0.293. The molecule has 82 heavy (non-hydrogen) atoms. The zero-order chi connectivity index (χ0) is 58.7. The Balaban J connectivity index is 4.00. The van der Waals surface area contributed by atoms with Crippen molar-refractivity contribution in [3.63, 3.8) is 0 Å². The summed E-state index contributed by atoms with van der Waals surface area (Å²) in [5.74, 6) is 4.81. The van der Waals surface area contributed by atoms with Gasteiger partial charge in [-0.2, -0.15) is 0 Å². The second-order valence-electron chi connectivity index (χ2n) is 16.6. The van der Waals surface area contributed by atoms with Gasteiger partial charge in [0, 0.05) is 26.2 Å². The summed E-state index contributed by atoms with van der Waals surface area (Å²) in [6.45, 7) is 25.7. The van der Waals surface area contributed by atoms with E-state index < -0.39 is 0 Å². The average Bonchev–Trinajstić information content (AvgIpc) is 3.48. The Hall–Kier alpha value is -1.92. The van der Waals surface area contributed by atoms with Crippen LogP contribution in [0.3, 0.4) is 0 Å². The molecule has 0 aliphatic heterocycles. The van der Waals surface area contributed by atoms with Gasteiger partial charge in [-0.05, 0) is 0 Å². The molecule has 2 N–H and O–H groups in total. The van der Waals surface area contributed by atoms with E-state index >= 15 is 0 Å². The van der Waals surface area contributed by atoms with E-state index in [2.05, 4.69) is 16.7 Å². The van der Waals surface area contributed by atoms with Crippen LogP contribution in [0.1, 0.15) is 0 Å². The number of ether oxygens (including phenoxy) is 24. The molecule has 0 saturated heterocycles. The molecule has 0 aromatic rings. The van der Waals surface area contributed by atoms with Crippen molar-refractivity contribution in [2.24, 2.45) is 5.73 Å². The maximum absolute atomic E-state index is 5.87. The zero-order valence-electron chi connectivity index (χ0n) is 49.7. The lowest BCUT2D eigenvalue weighted by Gasteiger charge is -2.22. The molecule has 0 unspecified atom stereocenters. The van der Waals surface area contributed by atoms with Gasteiger partial charge in [0.2, 0.25) is 0 Å². The minimum atomic E-state index is 0.293. The third-order valence-electron chi connectivity index (χ3n) is 10.1. The lowest BCUT2D eigenvalue weighted by atomic mass is 10.4. The quantitative estimate of drug-likeness (QED) is 0.0617. The minimum Gasteiger partial charge on any atom is -0.378 e. The number of rotatable bonds is 76. The number of hydrogen-bond donors (Lipinski definition) is 1. The van der Waals surface area contributed by atoms with E-state index in [1.54, 1.807) is 0 Å². The maximum atomic E-state index is 5.87. The molecule has 0 spiro atoms. The van der Waals surface area contributed by atoms with Crippen molar-refractivity contribution < 1.29 is 114 Å². The van der Waals surface area contributed by atoms with Crippen molar-refractivity contribution in [1.82, 2.24) is 4.90 Å². The predicted octanol–water partition coefficient (Wildman–Crippen LogP) is -0.0881. The van der Waals surface area contributed by atoms with E-state index in [0.717, 1.165) is 0 Å². The van der Waals surface area contributed by atoms with Gasteiger partial charge in [0.15, 0.2) is 0 Å². The average molecular weight is 1190 g/mol. The van der Waals surface area contributed by atoms with Gasteiger partial charge in [0.1, 0.15) is 13.2 Å². The monoisotopic (exact) mass is 1190 g/mol. The molecule has 0 aliphatic carbocycles. The van der Waals surface area contributed by atoms with Crippen LogP contribution < -0.4 is 5.73 Å². The van der Waals surface area contributed by atoms with Gasteiger partial charge in [0.05, 0.1) is 304 Å². The highest BCUT2D eigenvalue weighted by Crippen LogP contribution is 1.95. The summed E-state index contributed by atoms with van der Waals surface area (Å²) < 4.78 is 133. The van der Waals surface area contributed by atoms with Gasteiger partial charge in [-0.25, -0.2) is 0 Å². The third kappa shape index (κ3) is 74.2. The number of nitrogens with two attached hydrogens (primary N) is 1. The van der Waals surface area contributed by atoms with E-state index in [4.69, 9.17) is 132 Å². The first kappa shape index (κ1) is 80.1. The third-order valence-corrected chi connectivity index (χ3v) is 10.1. The summed E-state index contributed by atoms with van der Waals surface area (Å²) >= 11 is 0. The van der Waals surface area contributed by atoms with Crippen LogP contribution in [0.2, 0.25) is 0 Å². The van der Waals surface area contributed by atoms with E-state index in [1.165, 1.54) is 0 Å². The molecule has 0 radical (unpaired) electrons. The summed E-state index contributed by atoms with van der Waals surface area (Å²) in [6, 6.07) is 0. The Bertz CT molecular complexity index is 1190. The molecular weight excluding hydrogens is 1080 g/mol. The highest BCUT2D eigenvalue weighted by molar-refractivity contribution is 4.83. The van der Waals surface area contributed by atoms with Gasteiger partial charge in [-0.15, -0.1) is 12.8 Å². The standard InChI is InChI=1S/C56H108N2O24/c1-3-9-59-15-21-65-27-33-71-39-45-77-51-54-80-48-42-74-36-30-68-24-18-62-12-6-58(7-13-63-19-25-69-31-37-75-43-49-81-55-52-78-46-40-72-34-28-66-22-16-60-10-4-2)8-14-64-20-26-70-32-38-76-44-50-82-56-53-79-47-41-73-35-29-67-23-17-61-11-5-57/h1-2H,5-57H2. The van der Waals surface area contributed by atoms with Crippen LogP contribution in [0.4, 0.5) is 0 Å². The van der Waals surface area contributed by atoms with Crippen LogP contribution in [0, 0.1) is 24.7 Å². The van der Waals surface area contributed by atoms with E-state index in [-0.39, 0.29) is 0 Å². The lowest BCUT2D eigenvalue weighted by Crippen LogP contribution is -2.34. The molecule has 0 saturated carbocycles. The first-order valence-corrected chi connectivity index (χ1v) is 29.0. The fourth-order valence-corrected chi connectivity index (χ4v) is 5.98. The summed E-state index contributed by atoms with van der Waals surface area (Å²) in [6.07, 6.45) is 10.2. The molecule has 486 valence electrons. The highest BCUT2D eigenvalue weighted by Gasteiger charge is 2.07. The predicted molar refractivity (Wildman–Crippen MR) is 303 cm³/mol. The molecule has 0 rings (SSSR count). The zero-order valence-corrected chi connectivity index (χ0v) is 49.7. The number of terminal acetylenes is 2. The van der Waals surface area contributed by atoms with E-state index in [1.807, 2.05) is 0 Å². The molecular formula is C56H108N2O24. The van der Waals surface area contributed by atoms with Gasteiger partial charge in [-0.1, -0.05) is 11.8 Å². The summed E-state index contributed by atoms with van der Waals surface area (Å²) in [5, 5.41) is 0. The Kier molecular flexibility index (Phi) is 75.3. The van der Waals surface area contributed by atoms with Gasteiger partial charge >= 0.3 is 0 Å². The smallest absolute Gasteiger partial charge is 0.107 e. The fourth-order valence-electron chi connectivity index (χ4n) is 5.98. The molecule has 26 nitrogen and oxygen atoms in total. The second-order valence-corrected chi connectivity index (χ2v) is 16.6. The molecule has 0 heterocycles. The number of nitrogens with zero attached hydrogens (tertiary/aromatic N) is 1. The molecule has 0 bridgehead atoms. The van der Waals surface area contributed by atoms with Crippen LogP contribution >= 0.6 is 0 Å². The number of hydrogen-bond acceptors (Lipinski definition) is 26. The summed E-state index contributed by atoms with van der Waals surface area (Å²) in [5.41, 5.74) is 5.37. The van der Waals surface area contributed by atoms with Crippen LogP contribution in [0.25, 0.3) is 0 Å². The van der Waals surface area contributed by atoms with Gasteiger partial charge in [-0.3, -0.25) is 4.90 Å². The molecule has 0 aliphatic rings. The van der Waals surface area contributed by atoms with Crippen LogP contribution in [0.5, 0.6) is 0 Å². The van der Waals surface area contributed by atoms with Crippen molar-refractivity contribution in [3.8, 4) is 24.7 Å². The molecule has 0 aromatic heterocycles. The van der Waals surface area contributed by atoms with Crippen molar-refractivity contribution in [2.45, 2.75) is 0 Å². The van der Waals surface area contributed by atoms with Gasteiger partial charge in [0.25, 0.3) is 0 Å². The Morgan fingerprint density at radius 3 is 0.439 bits per heavy atom. The first-order valence-electron chi connectivity index (χ1n) is 29.0. The first-order chi connectivity index (χ1) is 40.8. The SMILES string of the molecule is C#CCOCCOCCOCCOCCOCCOCCOCCOCCN(CCOCCOCCOCCOCCOCCOCCOCCOCC#C)CCOCCOCCOCCOCCOCCOCCOCCOCCN. The topological polar surface area (TPSA) is 251 Å². The van der Waals surface area contributed by atoms with Crippen molar-refractivity contribution >= 4 is 0 Å². The van der Waals surface area contributed by atoms with Crippen molar-refractivity contribution in [2.75, 3.05) is 343 Å². The van der Waals surface area contributed by atoms with Crippen LogP contribution in [-0.4, -0.2) is 348 Å². The molecule has 26 heteroatoms. The van der Waals surface area contributed by atoms with Gasteiger partial charge < -0.3 is 119 Å². The summed E-state index contributed by atoms with van der Waals surface area (Å²) in [7, 11) is 0. The second kappa shape index (κ2) is 77.1. The summed E-state index contributed by atoms with van der Waals surface area (Å²) in [4.78, 5) is 2.25. The Morgan fingerprint density at radius 1 is 0.183 bits per heavy atom. The van der Waals surface area contributed by atoms with Crippen LogP contribution in [0.15, 0.2) is 0 Å². The largest absolute Gasteiger partial charge is 0.378 e. The molecule has 0 amide bonds. The molecule has 0 fully saturated rings. The van der Waals surface area contributed by atoms with E-state index in [9.17, 15) is 0 Å². The van der Waals surface area contributed by atoms with Crippen molar-refractivity contribution in [3.05, 3.63) is 0 Å². The molecule has 0 aromatic carbocycles. The van der Waals surface area contributed by atoms with E-state index in [0.29, 0.717) is 343 Å². The normalized spacial score (nSPS) is 11.6. The highest BCUT2D eigenvalue weighted by atomic mass is 16.6. The maximum Gasteiger partial charge on any atom is 0.107 e. The Morgan fingerprint density at radius 2 is 0.305 bits per heavy atom. The fraction of sp³-hybridized carbons (Fsp3) is 0.929. The molecule has 0 atom stereocenters. The van der Waals surface area contributed by atoms with Crippen LogP contribution in [-0.2, 0) is 114 Å². The Labute approximate surface area is 491 Å².